The third-order valence-electron chi connectivity index (χ3n) is 6.00. The molecule has 4 nitrogen and oxygen atoms in total. The summed E-state index contributed by atoms with van der Waals surface area (Å²) >= 11 is 6.18. The van der Waals surface area contributed by atoms with Gasteiger partial charge in [-0.05, 0) is 54.7 Å². The predicted octanol–water partition coefficient (Wildman–Crippen LogP) is 5.54. The molecule has 4 rings (SSSR count). The average Bonchev–Trinajstić information content (AvgIpc) is 2.77. The maximum atomic E-state index is 13.4. The minimum absolute atomic E-state index is 0.0726. The molecule has 2 amide bonds. The molecule has 0 heterocycles. The number of hydrogen-bond acceptors (Lipinski definition) is 2. The van der Waals surface area contributed by atoms with Crippen molar-refractivity contribution in [3.63, 3.8) is 0 Å². The van der Waals surface area contributed by atoms with Gasteiger partial charge in [0, 0.05) is 0 Å². The number of benzene rings is 3. The highest BCUT2D eigenvalue weighted by atomic mass is 35.5. The van der Waals surface area contributed by atoms with E-state index < -0.39 is 11.6 Å². The van der Waals surface area contributed by atoms with Gasteiger partial charge in [0.15, 0.2) is 0 Å². The smallest absolute Gasteiger partial charge is 0.253 e. The van der Waals surface area contributed by atoms with Crippen LogP contribution in [0.5, 0.6) is 0 Å². The van der Waals surface area contributed by atoms with Gasteiger partial charge >= 0.3 is 0 Å². The summed E-state index contributed by atoms with van der Waals surface area (Å²) in [5, 5.41) is 6.46. The second kappa shape index (κ2) is 9.53. The first kappa shape index (κ1) is 22.0. The minimum atomic E-state index is -0.523. The van der Waals surface area contributed by atoms with Crippen molar-refractivity contribution in [2.45, 2.75) is 37.3 Å². The first-order valence-electron chi connectivity index (χ1n) is 10.6. The van der Waals surface area contributed by atoms with Crippen molar-refractivity contribution in [3.8, 4) is 0 Å². The first-order chi connectivity index (χ1) is 15.5. The maximum absolute atomic E-state index is 13.4. The lowest BCUT2D eigenvalue weighted by Gasteiger charge is -2.43. The van der Waals surface area contributed by atoms with E-state index in [1.807, 2.05) is 30.3 Å². The average molecular weight is 451 g/mol. The van der Waals surface area contributed by atoms with Crippen LogP contribution < -0.4 is 10.6 Å². The fourth-order valence-corrected chi connectivity index (χ4v) is 4.33. The predicted molar refractivity (Wildman–Crippen MR) is 123 cm³/mol. The lowest BCUT2D eigenvalue weighted by Crippen LogP contribution is -2.51. The number of amides is 2. The molecule has 1 aliphatic rings. The molecule has 0 aromatic heterocycles. The number of halogens is 2. The molecular weight excluding hydrogens is 427 g/mol. The van der Waals surface area contributed by atoms with Crippen LogP contribution in [-0.4, -0.2) is 11.8 Å². The summed E-state index contributed by atoms with van der Waals surface area (Å²) in [4.78, 5) is 26.0. The van der Waals surface area contributed by atoms with Crippen LogP contribution in [-0.2, 0) is 10.3 Å². The van der Waals surface area contributed by atoms with E-state index in [0.717, 1.165) is 30.4 Å². The lowest BCUT2D eigenvalue weighted by atomic mass is 9.71. The Morgan fingerprint density at radius 3 is 2.22 bits per heavy atom. The fourth-order valence-electron chi connectivity index (χ4n) is 4.11. The summed E-state index contributed by atoms with van der Waals surface area (Å²) in [5.41, 5.74) is 1.60. The monoisotopic (exact) mass is 450 g/mol. The van der Waals surface area contributed by atoms with Gasteiger partial charge in [-0.25, -0.2) is 4.39 Å². The largest absolute Gasteiger partial charge is 0.347 e. The van der Waals surface area contributed by atoms with Crippen molar-refractivity contribution in [2.75, 3.05) is 0 Å². The van der Waals surface area contributed by atoms with Gasteiger partial charge in [-0.3, -0.25) is 9.59 Å². The van der Waals surface area contributed by atoms with Gasteiger partial charge in [0.2, 0.25) is 5.91 Å². The third-order valence-corrected chi connectivity index (χ3v) is 6.33. The van der Waals surface area contributed by atoms with E-state index in [-0.39, 0.29) is 24.1 Å². The molecule has 0 radical (unpaired) electrons. The number of rotatable bonds is 7. The molecule has 0 saturated heterocycles. The molecular formula is C26H24ClFN2O2. The van der Waals surface area contributed by atoms with Crippen molar-refractivity contribution in [2.24, 2.45) is 0 Å². The fraction of sp³-hybridized carbons (Fsp3) is 0.231. The van der Waals surface area contributed by atoms with Crippen molar-refractivity contribution in [1.29, 1.82) is 0 Å². The Hall–Kier alpha value is -3.18. The summed E-state index contributed by atoms with van der Waals surface area (Å²) in [6.07, 6.45) is 2.66. The van der Waals surface area contributed by atoms with Gasteiger partial charge in [0.1, 0.15) is 5.82 Å². The molecule has 0 bridgehead atoms. The van der Waals surface area contributed by atoms with Gasteiger partial charge in [-0.2, -0.15) is 0 Å². The van der Waals surface area contributed by atoms with Crippen LogP contribution in [0.2, 0.25) is 5.02 Å². The van der Waals surface area contributed by atoms with E-state index in [4.69, 9.17) is 11.6 Å². The van der Waals surface area contributed by atoms with E-state index in [0.29, 0.717) is 10.6 Å². The van der Waals surface area contributed by atoms with E-state index in [2.05, 4.69) is 10.6 Å². The Bertz CT molecular complexity index is 1100. The summed E-state index contributed by atoms with van der Waals surface area (Å²) in [7, 11) is 0. The van der Waals surface area contributed by atoms with Crippen LogP contribution >= 0.6 is 11.6 Å². The SMILES string of the molecule is O=C(CC(NC(=O)c1ccccc1Cl)c1ccccc1)NC1(c2ccc(F)cc2)CCC1. The molecule has 3 aromatic carbocycles. The molecule has 1 atom stereocenters. The molecule has 3 aromatic rings. The number of nitrogens with one attached hydrogen (secondary N) is 2. The van der Waals surface area contributed by atoms with Crippen LogP contribution in [0.25, 0.3) is 0 Å². The Balaban J connectivity index is 1.52. The summed E-state index contributed by atoms with van der Waals surface area (Å²) in [6, 6.07) is 21.9. The molecule has 32 heavy (non-hydrogen) atoms. The molecule has 1 unspecified atom stereocenters. The van der Waals surface area contributed by atoms with Crippen LogP contribution in [0.4, 0.5) is 4.39 Å². The number of carbonyl (C=O) groups excluding carboxylic acids is 2. The molecule has 6 heteroatoms. The highest BCUT2D eigenvalue weighted by molar-refractivity contribution is 6.33. The van der Waals surface area contributed by atoms with Crippen molar-refractivity contribution in [1.82, 2.24) is 10.6 Å². The zero-order valence-corrected chi connectivity index (χ0v) is 18.2. The first-order valence-corrected chi connectivity index (χ1v) is 11.0. The topological polar surface area (TPSA) is 58.2 Å². The van der Waals surface area contributed by atoms with Crippen LogP contribution in [0, 0.1) is 5.82 Å². The standard InChI is InChI=1S/C26H24ClFN2O2/c27-22-10-5-4-9-21(22)25(32)29-23(18-7-2-1-3-8-18)17-24(31)30-26(15-6-16-26)19-11-13-20(28)14-12-19/h1-5,7-14,23H,6,15-17H2,(H,29,32)(H,30,31). The number of carbonyl (C=O) groups is 2. The number of hydrogen-bond donors (Lipinski definition) is 2. The van der Waals surface area contributed by atoms with Gasteiger partial charge in [0.05, 0.1) is 28.6 Å². The van der Waals surface area contributed by atoms with Crippen LogP contribution in [0.15, 0.2) is 78.9 Å². The van der Waals surface area contributed by atoms with Crippen LogP contribution in [0.3, 0.4) is 0 Å². The molecule has 0 aliphatic heterocycles. The van der Waals surface area contributed by atoms with Crippen molar-refractivity contribution >= 4 is 23.4 Å². The third kappa shape index (κ3) is 4.83. The van der Waals surface area contributed by atoms with E-state index in [1.165, 1.54) is 12.1 Å². The second-order valence-corrected chi connectivity index (χ2v) is 8.52. The van der Waals surface area contributed by atoms with E-state index >= 15 is 0 Å². The Labute approximate surface area is 191 Å². The molecule has 1 aliphatic carbocycles. The van der Waals surface area contributed by atoms with E-state index in [9.17, 15) is 14.0 Å². The Kier molecular flexibility index (Phi) is 6.56. The van der Waals surface area contributed by atoms with Crippen LogP contribution in [0.1, 0.15) is 53.2 Å². The molecule has 1 saturated carbocycles. The normalized spacial score (nSPS) is 15.3. The van der Waals surface area contributed by atoms with Gasteiger partial charge in [0.25, 0.3) is 5.91 Å². The zero-order valence-electron chi connectivity index (χ0n) is 17.5. The van der Waals surface area contributed by atoms with Gasteiger partial charge in [-0.15, -0.1) is 0 Å². The highest BCUT2D eigenvalue weighted by Gasteiger charge is 2.40. The van der Waals surface area contributed by atoms with E-state index in [1.54, 1.807) is 36.4 Å². The Morgan fingerprint density at radius 2 is 1.59 bits per heavy atom. The lowest BCUT2D eigenvalue weighted by molar-refractivity contribution is -0.124. The van der Waals surface area contributed by atoms with Crippen molar-refractivity contribution < 1.29 is 14.0 Å². The summed E-state index contributed by atoms with van der Waals surface area (Å²) in [6.45, 7) is 0. The molecule has 2 N–H and O–H groups in total. The highest BCUT2D eigenvalue weighted by Crippen LogP contribution is 2.41. The second-order valence-electron chi connectivity index (χ2n) is 8.11. The molecule has 1 fully saturated rings. The van der Waals surface area contributed by atoms with Gasteiger partial charge < -0.3 is 10.6 Å². The molecule has 164 valence electrons. The quantitative estimate of drug-likeness (QED) is 0.496. The van der Waals surface area contributed by atoms with Gasteiger partial charge in [-0.1, -0.05) is 66.2 Å². The maximum Gasteiger partial charge on any atom is 0.253 e. The zero-order chi connectivity index (χ0) is 22.6. The summed E-state index contributed by atoms with van der Waals surface area (Å²) in [5.74, 6) is -0.822. The Morgan fingerprint density at radius 1 is 0.938 bits per heavy atom. The minimum Gasteiger partial charge on any atom is -0.347 e. The van der Waals surface area contributed by atoms with Crippen molar-refractivity contribution in [3.05, 3.63) is 106 Å². The summed E-state index contributed by atoms with van der Waals surface area (Å²) < 4.78 is 13.4. The molecule has 0 spiro atoms.